The third kappa shape index (κ3) is 5.55. The first-order chi connectivity index (χ1) is 17.7. The molecule has 0 saturated heterocycles. The summed E-state index contributed by atoms with van der Waals surface area (Å²) in [7, 11) is 0. The van der Waals surface area contributed by atoms with Crippen LogP contribution in [0, 0.1) is 5.82 Å². The van der Waals surface area contributed by atoms with Crippen LogP contribution < -0.4 is 5.32 Å². The Kier molecular flexibility index (Phi) is 7.53. The van der Waals surface area contributed by atoms with Gasteiger partial charge in [-0.15, -0.1) is 0 Å². The van der Waals surface area contributed by atoms with Crippen LogP contribution in [0.2, 0.25) is 0 Å². The molecule has 1 aliphatic carbocycles. The lowest BCUT2D eigenvalue weighted by molar-refractivity contribution is -0.133. The fourth-order valence-corrected chi connectivity index (χ4v) is 5.21. The summed E-state index contributed by atoms with van der Waals surface area (Å²) in [6, 6.07) is 35.8. The van der Waals surface area contributed by atoms with Crippen LogP contribution in [-0.4, -0.2) is 29.9 Å². The highest BCUT2D eigenvalue weighted by molar-refractivity contribution is 5.79. The van der Waals surface area contributed by atoms with Gasteiger partial charge in [-0.05, 0) is 41.2 Å². The van der Waals surface area contributed by atoms with Gasteiger partial charge in [-0.3, -0.25) is 4.79 Å². The topological polar surface area (TPSA) is 32.3 Å². The Hall–Kier alpha value is -3.76. The molecule has 0 radical (unpaired) electrons. The molecule has 4 aromatic rings. The number of fused-ring (bicyclic) bond motifs is 1. The maximum atomic E-state index is 14.5. The lowest BCUT2D eigenvalue weighted by atomic mass is 9.91. The molecule has 182 valence electrons. The quantitative estimate of drug-likeness (QED) is 0.333. The van der Waals surface area contributed by atoms with Gasteiger partial charge in [0.15, 0.2) is 0 Å². The molecule has 4 heteroatoms. The van der Waals surface area contributed by atoms with Gasteiger partial charge in [0.25, 0.3) is 0 Å². The van der Waals surface area contributed by atoms with Gasteiger partial charge in [0.1, 0.15) is 5.82 Å². The highest BCUT2D eigenvalue weighted by atomic mass is 19.1. The Bertz CT molecular complexity index is 1230. The highest BCUT2D eigenvalue weighted by Crippen LogP contribution is 2.27. The molecule has 4 aromatic carbocycles. The van der Waals surface area contributed by atoms with Gasteiger partial charge in [0, 0.05) is 30.6 Å². The van der Waals surface area contributed by atoms with Crippen LogP contribution in [0.4, 0.5) is 4.39 Å². The molecule has 1 aliphatic rings. The second-order valence-corrected chi connectivity index (χ2v) is 9.45. The molecule has 0 spiro atoms. The normalized spacial score (nSPS) is 13.1. The summed E-state index contributed by atoms with van der Waals surface area (Å²) in [4.78, 5) is 15.5. The minimum Gasteiger partial charge on any atom is -0.334 e. The van der Waals surface area contributed by atoms with Gasteiger partial charge in [0.05, 0.1) is 6.54 Å². The summed E-state index contributed by atoms with van der Waals surface area (Å²) in [5.41, 5.74) is 5.51. The van der Waals surface area contributed by atoms with Crippen molar-refractivity contribution in [2.75, 3.05) is 13.1 Å². The Morgan fingerprint density at radius 1 is 0.778 bits per heavy atom. The van der Waals surface area contributed by atoms with Gasteiger partial charge in [-0.2, -0.15) is 0 Å². The largest absolute Gasteiger partial charge is 0.334 e. The number of amides is 1. The van der Waals surface area contributed by atoms with Crippen molar-refractivity contribution in [3.8, 4) is 0 Å². The molecule has 0 saturated carbocycles. The molecule has 0 unspecified atom stereocenters. The van der Waals surface area contributed by atoms with Crippen LogP contribution in [0.3, 0.4) is 0 Å². The fourth-order valence-electron chi connectivity index (χ4n) is 5.21. The van der Waals surface area contributed by atoms with E-state index in [0.717, 1.165) is 12.8 Å². The van der Waals surface area contributed by atoms with Crippen LogP contribution in [-0.2, 0) is 24.2 Å². The van der Waals surface area contributed by atoms with Crippen molar-refractivity contribution in [1.29, 1.82) is 0 Å². The minimum absolute atomic E-state index is 0.00377. The van der Waals surface area contributed by atoms with Crippen molar-refractivity contribution in [2.45, 2.75) is 31.3 Å². The number of carbonyl (C=O) groups is 1. The van der Waals surface area contributed by atoms with E-state index >= 15 is 0 Å². The average molecular weight is 479 g/mol. The predicted molar refractivity (Wildman–Crippen MR) is 142 cm³/mol. The number of nitrogens with zero attached hydrogens (tertiary/aromatic N) is 1. The zero-order valence-corrected chi connectivity index (χ0v) is 20.3. The lowest BCUT2D eigenvalue weighted by Gasteiger charge is -2.30. The fraction of sp³-hybridized carbons (Fsp3) is 0.219. The monoisotopic (exact) mass is 478 g/mol. The van der Waals surface area contributed by atoms with Gasteiger partial charge in [0.2, 0.25) is 5.91 Å². The van der Waals surface area contributed by atoms with Crippen LogP contribution in [0.15, 0.2) is 109 Å². The standard InChI is InChI=1S/C32H31FN2O/c33-31-18-10-9-17-28(31)23-35(29-19-26-15-7-8-16-27(26)20-29)32(36)22-34-21-30(24-11-3-1-4-12-24)25-13-5-2-6-14-25/h1-18,29-30,34H,19-23H2. The van der Waals surface area contributed by atoms with E-state index in [9.17, 15) is 9.18 Å². The van der Waals surface area contributed by atoms with Gasteiger partial charge < -0.3 is 10.2 Å². The van der Waals surface area contributed by atoms with E-state index in [1.165, 1.54) is 28.3 Å². The van der Waals surface area contributed by atoms with Gasteiger partial charge >= 0.3 is 0 Å². The second kappa shape index (κ2) is 11.3. The number of benzene rings is 4. The first-order valence-corrected chi connectivity index (χ1v) is 12.6. The number of rotatable bonds is 9. The molecular weight excluding hydrogens is 447 g/mol. The number of halogens is 1. The minimum atomic E-state index is -0.271. The van der Waals surface area contributed by atoms with Crippen molar-refractivity contribution in [3.63, 3.8) is 0 Å². The van der Waals surface area contributed by atoms with Crippen molar-refractivity contribution < 1.29 is 9.18 Å². The Labute approximate surface area is 212 Å². The smallest absolute Gasteiger partial charge is 0.237 e. The molecule has 0 atom stereocenters. The Morgan fingerprint density at radius 3 is 1.89 bits per heavy atom. The molecule has 0 bridgehead atoms. The molecule has 0 fully saturated rings. The van der Waals surface area contributed by atoms with Gasteiger partial charge in [-0.25, -0.2) is 4.39 Å². The number of hydrogen-bond acceptors (Lipinski definition) is 2. The van der Waals surface area contributed by atoms with Crippen LogP contribution in [0.5, 0.6) is 0 Å². The number of carbonyl (C=O) groups excluding carboxylic acids is 1. The van der Waals surface area contributed by atoms with Crippen molar-refractivity contribution in [2.24, 2.45) is 0 Å². The SMILES string of the molecule is O=C(CNCC(c1ccccc1)c1ccccc1)N(Cc1ccccc1F)C1Cc2ccccc2C1. The summed E-state index contributed by atoms with van der Waals surface area (Å²) in [6.07, 6.45) is 1.60. The summed E-state index contributed by atoms with van der Waals surface area (Å²) >= 11 is 0. The van der Waals surface area contributed by atoms with E-state index in [2.05, 4.69) is 41.7 Å². The number of hydrogen-bond donors (Lipinski definition) is 1. The average Bonchev–Trinajstić information content (AvgIpc) is 3.35. The van der Waals surface area contributed by atoms with Crippen molar-refractivity contribution in [3.05, 3.63) is 143 Å². The van der Waals surface area contributed by atoms with E-state index in [0.29, 0.717) is 12.1 Å². The first-order valence-electron chi connectivity index (χ1n) is 12.6. The molecule has 0 aromatic heterocycles. The lowest BCUT2D eigenvalue weighted by Crippen LogP contribution is -2.45. The Morgan fingerprint density at radius 2 is 1.31 bits per heavy atom. The third-order valence-corrected chi connectivity index (χ3v) is 7.12. The van der Waals surface area contributed by atoms with E-state index in [4.69, 9.17) is 0 Å². The van der Waals surface area contributed by atoms with E-state index < -0.39 is 0 Å². The zero-order chi connectivity index (χ0) is 24.7. The maximum absolute atomic E-state index is 14.5. The van der Waals surface area contributed by atoms with E-state index in [1.807, 2.05) is 59.5 Å². The molecular formula is C32H31FN2O. The summed E-state index contributed by atoms with van der Waals surface area (Å²) in [5.74, 6) is -0.140. The Balaban J connectivity index is 1.31. The summed E-state index contributed by atoms with van der Waals surface area (Å²) in [6.45, 7) is 1.11. The molecule has 1 N–H and O–H groups in total. The van der Waals surface area contributed by atoms with E-state index in [1.54, 1.807) is 12.1 Å². The first kappa shape index (κ1) is 24.0. The summed E-state index contributed by atoms with van der Waals surface area (Å²) in [5, 5.41) is 3.42. The predicted octanol–water partition coefficient (Wildman–Crippen LogP) is 5.74. The van der Waals surface area contributed by atoms with Crippen molar-refractivity contribution in [1.82, 2.24) is 10.2 Å². The molecule has 0 heterocycles. The highest BCUT2D eigenvalue weighted by Gasteiger charge is 2.30. The van der Waals surface area contributed by atoms with E-state index in [-0.39, 0.29) is 36.8 Å². The second-order valence-electron chi connectivity index (χ2n) is 9.45. The van der Waals surface area contributed by atoms with Crippen LogP contribution in [0.1, 0.15) is 33.7 Å². The zero-order valence-electron chi connectivity index (χ0n) is 20.3. The van der Waals surface area contributed by atoms with Crippen molar-refractivity contribution >= 4 is 5.91 Å². The summed E-state index contributed by atoms with van der Waals surface area (Å²) < 4.78 is 14.5. The van der Waals surface area contributed by atoms with Crippen LogP contribution >= 0.6 is 0 Å². The molecule has 36 heavy (non-hydrogen) atoms. The third-order valence-electron chi connectivity index (χ3n) is 7.12. The molecule has 0 aliphatic heterocycles. The maximum Gasteiger partial charge on any atom is 0.237 e. The van der Waals surface area contributed by atoms with Gasteiger partial charge in [-0.1, -0.05) is 103 Å². The van der Waals surface area contributed by atoms with Crippen LogP contribution in [0.25, 0.3) is 0 Å². The molecule has 3 nitrogen and oxygen atoms in total. The number of nitrogens with one attached hydrogen (secondary N) is 1. The molecule has 1 amide bonds. The molecule has 5 rings (SSSR count).